The van der Waals surface area contributed by atoms with Crippen molar-refractivity contribution in [3.63, 3.8) is 0 Å². The number of pyridine rings is 1. The van der Waals surface area contributed by atoms with Gasteiger partial charge in [0.2, 0.25) is 5.95 Å². The summed E-state index contributed by atoms with van der Waals surface area (Å²) in [5.74, 6) is -1.08. The summed E-state index contributed by atoms with van der Waals surface area (Å²) < 4.78 is 67.8. The normalized spacial score (nSPS) is 16.7. The first-order chi connectivity index (χ1) is 20.8. The summed E-state index contributed by atoms with van der Waals surface area (Å²) in [6.45, 7) is 4.55. The minimum absolute atomic E-state index is 0.00628. The number of rotatable bonds is 2. The van der Waals surface area contributed by atoms with E-state index in [4.69, 9.17) is 9.26 Å². The molecule has 0 saturated heterocycles. The van der Waals surface area contributed by atoms with Gasteiger partial charge in [-0.15, -0.1) is 0 Å². The minimum Gasteiger partial charge on any atom is -0.495 e. The fraction of sp³-hybridized carbons (Fsp3) is 0.321. The van der Waals surface area contributed by atoms with E-state index in [1.54, 1.807) is 41.3 Å². The van der Waals surface area contributed by atoms with Crippen molar-refractivity contribution in [3.8, 4) is 17.0 Å². The fourth-order valence-electron chi connectivity index (χ4n) is 4.51. The first-order valence-corrected chi connectivity index (χ1v) is 14.9. The molecule has 0 aliphatic carbocycles. The molecule has 0 radical (unpaired) electrons. The van der Waals surface area contributed by atoms with Crippen molar-refractivity contribution in [2.45, 2.75) is 32.7 Å². The molecule has 232 valence electrons. The number of benzene rings is 1. The van der Waals surface area contributed by atoms with Crippen LogP contribution in [0.15, 0.2) is 48.9 Å². The van der Waals surface area contributed by atoms with Gasteiger partial charge in [0.25, 0.3) is 5.91 Å². The maximum atomic E-state index is 14.0. The molecule has 44 heavy (non-hydrogen) atoms. The molecule has 1 aromatic carbocycles. The summed E-state index contributed by atoms with van der Waals surface area (Å²) in [5, 5.41) is 12.4. The van der Waals surface area contributed by atoms with Crippen molar-refractivity contribution >= 4 is 37.1 Å². The number of halogens is 3. The van der Waals surface area contributed by atoms with E-state index in [9.17, 15) is 22.5 Å². The zero-order chi connectivity index (χ0) is 31.6. The number of carbonyl (C=O) groups is 1. The topological polar surface area (TPSA) is 145 Å². The van der Waals surface area contributed by atoms with Crippen LogP contribution in [0.1, 0.15) is 35.5 Å². The summed E-state index contributed by atoms with van der Waals surface area (Å²) in [7, 11) is 0.338. The smallest absolute Gasteiger partial charge is 0.421 e. The van der Waals surface area contributed by atoms with Crippen LogP contribution in [0.2, 0.25) is 0 Å². The molecule has 0 spiro atoms. The van der Waals surface area contributed by atoms with Crippen molar-refractivity contribution in [2.75, 3.05) is 31.4 Å². The summed E-state index contributed by atoms with van der Waals surface area (Å²) in [4.78, 5) is 25.2. The third-order valence-electron chi connectivity index (χ3n) is 6.69. The Morgan fingerprint density at radius 1 is 1.14 bits per heavy atom. The molecule has 4 aromatic rings. The van der Waals surface area contributed by atoms with Crippen molar-refractivity contribution in [1.29, 1.82) is 0 Å². The summed E-state index contributed by atoms with van der Waals surface area (Å²) in [6, 6.07) is 7.98. The molecule has 1 atom stereocenters. The molecule has 12 nitrogen and oxygen atoms in total. The van der Waals surface area contributed by atoms with Crippen LogP contribution >= 0.6 is 8.03 Å². The number of hydrogen-bond acceptors (Lipinski definition) is 10. The van der Waals surface area contributed by atoms with Gasteiger partial charge in [-0.05, 0) is 29.8 Å². The van der Waals surface area contributed by atoms with E-state index in [0.29, 0.717) is 41.0 Å². The second-order valence-corrected chi connectivity index (χ2v) is 12.2. The monoisotopic (exact) mass is 630 g/mol. The first-order valence-electron chi connectivity index (χ1n) is 13.4. The van der Waals surface area contributed by atoms with Gasteiger partial charge in [0.05, 0.1) is 37.0 Å². The molecule has 4 aliphatic heterocycles. The van der Waals surface area contributed by atoms with Crippen molar-refractivity contribution in [2.24, 2.45) is 5.41 Å². The number of nitrogens with one attached hydrogen (secondary N) is 3. The van der Waals surface area contributed by atoms with E-state index in [1.807, 2.05) is 13.8 Å². The molecule has 8 bridgehead atoms. The highest BCUT2D eigenvalue weighted by atomic mass is 31.1. The standard InChI is InChI=1S/C28H30F3N8O4P/c1-27(2)14-39-12-17(10-34-39)19-7-8-21(23(35-19)25(40)32-3)36-24-18(28(29,30)31)11-33-26(38-24)37-20-6-5-16(9-22(20)42-4)13-44(41)43-15-27/h5-12,44H,13-15H2,1-4H3,(H,32,40)(H2,33,36,37,38). The Hall–Kier alpha value is -4.49. The zero-order valence-corrected chi connectivity index (χ0v) is 25.2. The zero-order valence-electron chi connectivity index (χ0n) is 24.2. The Morgan fingerprint density at radius 2 is 1.91 bits per heavy atom. The van der Waals surface area contributed by atoms with Crippen LogP contribution in [0, 0.1) is 5.41 Å². The van der Waals surface area contributed by atoms with Crippen LogP contribution in [0.4, 0.5) is 36.3 Å². The van der Waals surface area contributed by atoms with Gasteiger partial charge in [0.1, 0.15) is 17.1 Å². The lowest BCUT2D eigenvalue weighted by Gasteiger charge is -2.24. The summed E-state index contributed by atoms with van der Waals surface area (Å²) >= 11 is 0. The number of ether oxygens (including phenoxy) is 1. The lowest BCUT2D eigenvalue weighted by Crippen LogP contribution is -2.24. The molecular formula is C28H30F3N8O4P. The number of alkyl halides is 3. The largest absolute Gasteiger partial charge is 0.495 e. The number of amides is 1. The van der Waals surface area contributed by atoms with Gasteiger partial charge in [0.15, 0.2) is 13.7 Å². The molecule has 3 N–H and O–H groups in total. The highest BCUT2D eigenvalue weighted by Crippen LogP contribution is 2.38. The van der Waals surface area contributed by atoms with Gasteiger partial charge in [-0.25, -0.2) is 9.97 Å². The molecule has 16 heteroatoms. The quantitative estimate of drug-likeness (QED) is 0.238. The lowest BCUT2D eigenvalue weighted by molar-refractivity contribution is -0.137. The fourth-order valence-corrected chi connectivity index (χ4v) is 5.72. The average molecular weight is 631 g/mol. The highest BCUT2D eigenvalue weighted by molar-refractivity contribution is 7.38. The maximum Gasteiger partial charge on any atom is 0.421 e. The van der Waals surface area contributed by atoms with E-state index < -0.39 is 36.9 Å². The molecule has 8 rings (SSSR count). The molecule has 1 unspecified atom stereocenters. The number of methoxy groups -OCH3 is 1. The Bertz CT molecular complexity index is 1730. The molecule has 3 aromatic heterocycles. The van der Waals surface area contributed by atoms with Crippen molar-refractivity contribution < 1.29 is 31.8 Å². The van der Waals surface area contributed by atoms with Crippen molar-refractivity contribution in [3.05, 3.63) is 65.7 Å². The van der Waals surface area contributed by atoms with Gasteiger partial charge in [-0.3, -0.25) is 14.0 Å². The third kappa shape index (κ3) is 7.00. The van der Waals surface area contributed by atoms with E-state index in [1.165, 1.54) is 20.2 Å². The third-order valence-corrected chi connectivity index (χ3v) is 7.85. The predicted molar refractivity (Wildman–Crippen MR) is 158 cm³/mol. The van der Waals surface area contributed by atoms with Gasteiger partial charge >= 0.3 is 6.18 Å². The van der Waals surface area contributed by atoms with E-state index in [2.05, 4.69) is 36.0 Å². The molecule has 0 saturated carbocycles. The molecule has 0 fully saturated rings. The van der Waals surface area contributed by atoms with E-state index in [0.717, 1.165) is 0 Å². The molecule has 4 aliphatic rings. The first kappa shape index (κ1) is 31.0. The lowest BCUT2D eigenvalue weighted by atomic mass is 9.95. The van der Waals surface area contributed by atoms with Crippen LogP contribution in [-0.2, 0) is 28.0 Å². The molecule has 1 amide bonds. The van der Waals surface area contributed by atoms with Gasteiger partial charge in [-0.1, -0.05) is 19.9 Å². The predicted octanol–water partition coefficient (Wildman–Crippen LogP) is 5.64. The van der Waals surface area contributed by atoms with Crippen molar-refractivity contribution in [1.82, 2.24) is 30.0 Å². The van der Waals surface area contributed by atoms with Gasteiger partial charge in [-0.2, -0.15) is 23.3 Å². The van der Waals surface area contributed by atoms with Crippen LogP contribution < -0.4 is 20.7 Å². The van der Waals surface area contributed by atoms with Gasteiger partial charge in [0, 0.05) is 43.1 Å². The Morgan fingerprint density at radius 3 is 2.64 bits per heavy atom. The maximum absolute atomic E-state index is 14.0. The average Bonchev–Trinajstić information content (AvgIpc) is 3.43. The minimum atomic E-state index is -4.81. The van der Waals surface area contributed by atoms with Crippen LogP contribution in [0.5, 0.6) is 5.75 Å². The second kappa shape index (κ2) is 12.2. The number of carbonyl (C=O) groups excluding carboxylic acids is 1. The summed E-state index contributed by atoms with van der Waals surface area (Å²) in [5.41, 5.74) is 0.241. The number of anilines is 4. The van der Waals surface area contributed by atoms with Crippen LogP contribution in [-0.4, -0.2) is 51.4 Å². The SMILES string of the molecule is CNC(=O)c1nc2ccc1Nc1nc(ncc1C(F)(F)F)Nc1ccc(cc1OC)C[PH](=O)OCC(C)(C)Cn1cc-2cn1. The van der Waals surface area contributed by atoms with Crippen LogP contribution in [0.25, 0.3) is 11.3 Å². The molecular weight excluding hydrogens is 600 g/mol. The Labute approximate surface area is 251 Å². The van der Waals surface area contributed by atoms with E-state index >= 15 is 0 Å². The van der Waals surface area contributed by atoms with Gasteiger partial charge < -0.3 is 25.2 Å². The number of aromatic nitrogens is 5. The Kier molecular flexibility index (Phi) is 8.62. The molecule has 7 heterocycles. The van der Waals surface area contributed by atoms with Crippen LogP contribution in [0.3, 0.4) is 0 Å². The number of hydrogen-bond donors (Lipinski definition) is 3. The summed E-state index contributed by atoms with van der Waals surface area (Å²) in [6.07, 6.45) is -0.716. The highest BCUT2D eigenvalue weighted by Gasteiger charge is 2.36. The number of nitrogens with zero attached hydrogens (tertiary/aromatic N) is 5. The van der Waals surface area contributed by atoms with E-state index in [-0.39, 0.29) is 30.1 Å². The Balaban J connectivity index is 1.64. The second-order valence-electron chi connectivity index (χ2n) is 10.8.